The van der Waals surface area contributed by atoms with Crippen LogP contribution in [0.15, 0.2) is 28.8 Å². The van der Waals surface area contributed by atoms with Gasteiger partial charge in [-0.15, -0.1) is 0 Å². The highest BCUT2D eigenvalue weighted by molar-refractivity contribution is 5.20. The number of halogens is 1. The number of benzene rings is 1. The molecule has 0 bridgehead atoms. The van der Waals surface area contributed by atoms with Gasteiger partial charge in [0.05, 0.1) is 5.92 Å². The first kappa shape index (κ1) is 14.7. The van der Waals surface area contributed by atoms with Crippen LogP contribution in [0.3, 0.4) is 0 Å². The second-order valence-electron chi connectivity index (χ2n) is 4.91. The first-order valence-electron chi connectivity index (χ1n) is 6.88. The molecule has 0 amide bonds. The smallest absolute Gasteiger partial charge is 0.231 e. The molecule has 2 aromatic rings. The minimum atomic E-state index is -0.241. The van der Waals surface area contributed by atoms with Gasteiger partial charge in [-0.25, -0.2) is 4.39 Å². The summed E-state index contributed by atoms with van der Waals surface area (Å²) in [4.78, 5) is 4.40. The van der Waals surface area contributed by atoms with Crippen molar-refractivity contribution in [2.24, 2.45) is 0 Å². The van der Waals surface area contributed by atoms with Gasteiger partial charge in [0.15, 0.2) is 5.82 Å². The fourth-order valence-electron chi connectivity index (χ4n) is 2.25. The average molecular weight is 277 g/mol. The molecular formula is C15H20FN3O. The van der Waals surface area contributed by atoms with Gasteiger partial charge in [0.25, 0.3) is 0 Å². The summed E-state index contributed by atoms with van der Waals surface area (Å²) in [5.74, 6) is 1.06. The highest BCUT2D eigenvalue weighted by atomic mass is 19.1. The lowest BCUT2D eigenvalue weighted by molar-refractivity contribution is 0.320. The number of nitrogens with zero attached hydrogens (tertiary/aromatic N) is 2. The van der Waals surface area contributed by atoms with Crippen molar-refractivity contribution in [3.63, 3.8) is 0 Å². The van der Waals surface area contributed by atoms with Crippen molar-refractivity contribution in [1.82, 2.24) is 15.5 Å². The van der Waals surface area contributed by atoms with Crippen molar-refractivity contribution in [2.75, 3.05) is 7.05 Å². The largest absolute Gasteiger partial charge is 0.339 e. The summed E-state index contributed by atoms with van der Waals surface area (Å²) in [5.41, 5.74) is 0.578. The van der Waals surface area contributed by atoms with Crippen LogP contribution in [0.2, 0.25) is 0 Å². The van der Waals surface area contributed by atoms with E-state index in [2.05, 4.69) is 29.3 Å². The van der Waals surface area contributed by atoms with Gasteiger partial charge < -0.3 is 9.84 Å². The lowest BCUT2D eigenvalue weighted by Crippen LogP contribution is -2.28. The minimum Gasteiger partial charge on any atom is -0.339 e. The van der Waals surface area contributed by atoms with E-state index in [9.17, 15) is 4.39 Å². The molecule has 0 aliphatic rings. The van der Waals surface area contributed by atoms with Crippen LogP contribution in [0.25, 0.3) is 0 Å². The van der Waals surface area contributed by atoms with Crippen molar-refractivity contribution in [3.8, 4) is 0 Å². The summed E-state index contributed by atoms with van der Waals surface area (Å²) >= 11 is 0. The molecule has 0 saturated carbocycles. The molecule has 0 fully saturated rings. The molecule has 2 unspecified atom stereocenters. The maximum Gasteiger partial charge on any atom is 0.231 e. The molecule has 20 heavy (non-hydrogen) atoms. The fourth-order valence-corrected chi connectivity index (χ4v) is 2.25. The highest BCUT2D eigenvalue weighted by Crippen LogP contribution is 2.22. The highest BCUT2D eigenvalue weighted by Gasteiger charge is 2.22. The first-order valence-corrected chi connectivity index (χ1v) is 6.88. The van der Waals surface area contributed by atoms with E-state index in [4.69, 9.17) is 4.52 Å². The average Bonchev–Trinajstić information content (AvgIpc) is 2.90. The molecule has 0 saturated heterocycles. The van der Waals surface area contributed by atoms with E-state index in [0.29, 0.717) is 23.7 Å². The number of rotatable bonds is 6. The van der Waals surface area contributed by atoms with Crippen molar-refractivity contribution < 1.29 is 8.91 Å². The minimum absolute atomic E-state index is 0.168. The Labute approximate surface area is 118 Å². The maximum absolute atomic E-state index is 13.6. The van der Waals surface area contributed by atoms with E-state index >= 15 is 0 Å². The number of nitrogens with one attached hydrogen (secondary N) is 1. The van der Waals surface area contributed by atoms with Crippen LogP contribution < -0.4 is 5.32 Å². The standard InChI is InChI=1S/C15H20FN3O/c1-4-12(10(2)17-3)15-18-14(19-20-15)9-11-7-5-6-8-13(11)16/h5-8,10,12,17H,4,9H2,1-3H3. The summed E-state index contributed by atoms with van der Waals surface area (Å²) < 4.78 is 18.9. The lowest BCUT2D eigenvalue weighted by Gasteiger charge is -2.17. The summed E-state index contributed by atoms with van der Waals surface area (Å²) in [6.07, 6.45) is 1.25. The van der Waals surface area contributed by atoms with Gasteiger partial charge in [-0.2, -0.15) is 4.98 Å². The number of likely N-dealkylation sites (N-methyl/N-ethyl adjacent to an activating group) is 1. The molecule has 1 N–H and O–H groups in total. The van der Waals surface area contributed by atoms with Crippen LogP contribution in [0.1, 0.15) is 43.5 Å². The van der Waals surface area contributed by atoms with E-state index < -0.39 is 0 Å². The Bertz CT molecular complexity index is 556. The Morgan fingerprint density at radius 2 is 2.10 bits per heavy atom. The van der Waals surface area contributed by atoms with Crippen LogP contribution >= 0.6 is 0 Å². The van der Waals surface area contributed by atoms with E-state index in [1.807, 2.05) is 7.05 Å². The molecule has 4 nitrogen and oxygen atoms in total. The van der Waals surface area contributed by atoms with Crippen LogP contribution in [-0.2, 0) is 6.42 Å². The summed E-state index contributed by atoms with van der Waals surface area (Å²) in [6.45, 7) is 4.16. The van der Waals surface area contributed by atoms with Crippen molar-refractivity contribution in [3.05, 3.63) is 47.4 Å². The number of hydrogen-bond donors (Lipinski definition) is 1. The second kappa shape index (κ2) is 6.61. The number of aromatic nitrogens is 2. The maximum atomic E-state index is 13.6. The normalized spacial score (nSPS) is 14.2. The molecule has 2 rings (SSSR count). The fraction of sp³-hybridized carbons (Fsp3) is 0.467. The predicted octanol–water partition coefficient (Wildman–Crippen LogP) is 2.90. The third kappa shape index (κ3) is 3.22. The molecule has 2 atom stereocenters. The van der Waals surface area contributed by atoms with Crippen molar-refractivity contribution in [1.29, 1.82) is 0 Å². The molecule has 1 heterocycles. The van der Waals surface area contributed by atoms with Crippen molar-refractivity contribution in [2.45, 2.75) is 38.6 Å². The third-order valence-corrected chi connectivity index (χ3v) is 3.61. The zero-order valence-electron chi connectivity index (χ0n) is 12.1. The van der Waals surface area contributed by atoms with Gasteiger partial charge >= 0.3 is 0 Å². The second-order valence-corrected chi connectivity index (χ2v) is 4.91. The molecule has 5 heteroatoms. The molecular weight excluding hydrogens is 257 g/mol. The van der Waals surface area contributed by atoms with Gasteiger partial charge in [0, 0.05) is 12.5 Å². The van der Waals surface area contributed by atoms with Gasteiger partial charge in [-0.3, -0.25) is 0 Å². The molecule has 0 spiro atoms. The van der Waals surface area contributed by atoms with Crippen molar-refractivity contribution >= 4 is 0 Å². The van der Waals surface area contributed by atoms with E-state index in [0.717, 1.165) is 6.42 Å². The predicted molar refractivity (Wildman–Crippen MR) is 75.1 cm³/mol. The summed E-state index contributed by atoms with van der Waals surface area (Å²) in [6, 6.07) is 6.90. The molecule has 108 valence electrons. The van der Waals surface area contributed by atoms with Gasteiger partial charge in [-0.05, 0) is 32.0 Å². The number of hydrogen-bond acceptors (Lipinski definition) is 4. The molecule has 0 aliphatic heterocycles. The van der Waals surface area contributed by atoms with E-state index in [1.165, 1.54) is 6.07 Å². The van der Waals surface area contributed by atoms with Gasteiger partial charge in [-0.1, -0.05) is 30.3 Å². The molecule has 1 aromatic heterocycles. The SMILES string of the molecule is CCC(c1nc(Cc2ccccc2F)no1)C(C)NC. The van der Waals surface area contributed by atoms with Crippen LogP contribution in [0.4, 0.5) is 4.39 Å². The van der Waals surface area contributed by atoms with Crippen LogP contribution in [-0.4, -0.2) is 23.2 Å². The Hall–Kier alpha value is -1.75. The Balaban J connectivity index is 2.15. The van der Waals surface area contributed by atoms with Crippen LogP contribution in [0, 0.1) is 5.82 Å². The summed E-state index contributed by atoms with van der Waals surface area (Å²) in [7, 11) is 1.91. The van der Waals surface area contributed by atoms with Gasteiger partial charge in [0.1, 0.15) is 5.82 Å². The molecule has 0 radical (unpaired) electrons. The quantitative estimate of drug-likeness (QED) is 0.882. The van der Waals surface area contributed by atoms with E-state index in [1.54, 1.807) is 18.2 Å². The van der Waals surface area contributed by atoms with Gasteiger partial charge in [0.2, 0.25) is 5.89 Å². The molecule has 0 aliphatic carbocycles. The Kier molecular flexibility index (Phi) is 4.84. The first-order chi connectivity index (χ1) is 9.65. The Morgan fingerprint density at radius 3 is 2.75 bits per heavy atom. The molecule has 1 aromatic carbocycles. The Morgan fingerprint density at radius 1 is 1.35 bits per heavy atom. The zero-order valence-corrected chi connectivity index (χ0v) is 12.1. The van der Waals surface area contributed by atoms with E-state index in [-0.39, 0.29) is 17.8 Å². The topological polar surface area (TPSA) is 51.0 Å². The monoisotopic (exact) mass is 277 g/mol. The lowest BCUT2D eigenvalue weighted by atomic mass is 9.98. The third-order valence-electron chi connectivity index (χ3n) is 3.61. The van der Waals surface area contributed by atoms with Crippen LogP contribution in [0.5, 0.6) is 0 Å². The zero-order chi connectivity index (χ0) is 14.5. The summed E-state index contributed by atoms with van der Waals surface area (Å²) in [5, 5.41) is 7.15.